The molecule has 1 rings (SSSR count). The SMILES string of the molecule is O=C(O)C(Cl)N(Cl)Cc1ccccc1. The number of rotatable bonds is 4. The smallest absolute Gasteiger partial charge is 0.337 e. The second-order valence-electron chi connectivity index (χ2n) is 2.72. The summed E-state index contributed by atoms with van der Waals surface area (Å²) in [5, 5.41) is 8.57. The quantitative estimate of drug-likeness (QED) is 0.493. The third-order valence-corrected chi connectivity index (χ3v) is 2.46. The van der Waals surface area contributed by atoms with Crippen molar-refractivity contribution in [3.05, 3.63) is 35.9 Å². The molecule has 0 saturated carbocycles. The molecule has 3 nitrogen and oxygen atoms in total. The number of alkyl halides is 1. The lowest BCUT2D eigenvalue weighted by Gasteiger charge is -2.15. The first-order chi connectivity index (χ1) is 6.61. The molecule has 0 spiro atoms. The number of carbonyl (C=O) groups is 1. The van der Waals surface area contributed by atoms with Crippen LogP contribution in [0.3, 0.4) is 0 Å². The van der Waals surface area contributed by atoms with Crippen molar-refractivity contribution < 1.29 is 9.90 Å². The first-order valence-corrected chi connectivity index (χ1v) is 4.72. The summed E-state index contributed by atoms with van der Waals surface area (Å²) in [5.74, 6) is -1.16. The van der Waals surface area contributed by atoms with Gasteiger partial charge in [-0.25, -0.2) is 4.79 Å². The number of hydrogen-bond donors (Lipinski definition) is 1. The van der Waals surface area contributed by atoms with E-state index in [1.807, 2.05) is 30.3 Å². The molecule has 76 valence electrons. The molecule has 1 atom stereocenters. The van der Waals surface area contributed by atoms with Crippen LogP contribution in [0.15, 0.2) is 30.3 Å². The Morgan fingerprint density at radius 1 is 1.43 bits per heavy atom. The number of carboxylic acids is 1. The maximum atomic E-state index is 10.5. The van der Waals surface area contributed by atoms with Gasteiger partial charge in [-0.05, 0) is 17.3 Å². The summed E-state index contributed by atoms with van der Waals surface area (Å²) in [6.45, 7) is 0.295. The van der Waals surface area contributed by atoms with Crippen LogP contribution in [0.4, 0.5) is 0 Å². The van der Waals surface area contributed by atoms with Gasteiger partial charge in [0.25, 0.3) is 0 Å². The van der Waals surface area contributed by atoms with E-state index < -0.39 is 11.5 Å². The van der Waals surface area contributed by atoms with Gasteiger partial charge in [0, 0.05) is 6.54 Å². The molecule has 0 fully saturated rings. The van der Waals surface area contributed by atoms with Crippen LogP contribution < -0.4 is 0 Å². The third-order valence-electron chi connectivity index (χ3n) is 1.63. The highest BCUT2D eigenvalue weighted by Gasteiger charge is 2.21. The van der Waals surface area contributed by atoms with Gasteiger partial charge in [0.15, 0.2) is 5.50 Å². The van der Waals surface area contributed by atoms with Crippen LogP contribution in [0.2, 0.25) is 0 Å². The van der Waals surface area contributed by atoms with Gasteiger partial charge in [-0.15, -0.1) is 0 Å². The maximum Gasteiger partial charge on any atom is 0.337 e. The Bertz CT molecular complexity index is 305. The molecule has 5 heteroatoms. The normalized spacial score (nSPS) is 12.8. The second-order valence-corrected chi connectivity index (χ2v) is 3.57. The molecule has 0 aromatic heterocycles. The van der Waals surface area contributed by atoms with Gasteiger partial charge < -0.3 is 5.11 Å². The van der Waals surface area contributed by atoms with Gasteiger partial charge in [-0.1, -0.05) is 41.9 Å². The van der Waals surface area contributed by atoms with Crippen molar-refractivity contribution in [1.29, 1.82) is 0 Å². The zero-order chi connectivity index (χ0) is 10.6. The van der Waals surface area contributed by atoms with E-state index in [1.165, 1.54) is 0 Å². The Labute approximate surface area is 92.0 Å². The molecule has 1 unspecified atom stereocenters. The fourth-order valence-corrected chi connectivity index (χ4v) is 1.25. The molecule has 0 amide bonds. The van der Waals surface area contributed by atoms with Crippen LogP contribution in [0.5, 0.6) is 0 Å². The predicted octanol–water partition coefficient (Wildman–Crippen LogP) is 2.29. The summed E-state index contributed by atoms with van der Waals surface area (Å²) in [4.78, 5) is 10.5. The molecule has 0 aliphatic rings. The van der Waals surface area contributed by atoms with Crippen molar-refractivity contribution in [3.8, 4) is 0 Å². The van der Waals surface area contributed by atoms with Gasteiger partial charge >= 0.3 is 5.97 Å². The van der Waals surface area contributed by atoms with Crippen molar-refractivity contribution in [2.45, 2.75) is 12.0 Å². The fraction of sp³-hybridized carbons (Fsp3) is 0.222. The molecule has 1 aromatic rings. The zero-order valence-electron chi connectivity index (χ0n) is 7.23. The van der Waals surface area contributed by atoms with E-state index >= 15 is 0 Å². The summed E-state index contributed by atoms with van der Waals surface area (Å²) in [6.07, 6.45) is 0. The van der Waals surface area contributed by atoms with Crippen LogP contribution in [0, 0.1) is 0 Å². The van der Waals surface area contributed by atoms with Crippen LogP contribution in [-0.4, -0.2) is 21.0 Å². The van der Waals surface area contributed by atoms with E-state index in [0.717, 1.165) is 9.98 Å². The average Bonchev–Trinajstić information content (AvgIpc) is 2.18. The Kier molecular flexibility index (Phi) is 4.20. The van der Waals surface area contributed by atoms with Crippen molar-refractivity contribution in [2.24, 2.45) is 0 Å². The molecule has 0 saturated heterocycles. The van der Waals surface area contributed by atoms with E-state index in [-0.39, 0.29) is 0 Å². The minimum Gasteiger partial charge on any atom is -0.479 e. The highest BCUT2D eigenvalue weighted by atomic mass is 35.5. The molecule has 14 heavy (non-hydrogen) atoms. The second kappa shape index (κ2) is 5.20. The van der Waals surface area contributed by atoms with Gasteiger partial charge in [0.2, 0.25) is 0 Å². The molecule has 0 aliphatic heterocycles. The zero-order valence-corrected chi connectivity index (χ0v) is 8.74. The van der Waals surface area contributed by atoms with Crippen molar-refractivity contribution in [1.82, 2.24) is 4.42 Å². The molecular formula is C9H9Cl2NO2. The van der Waals surface area contributed by atoms with Crippen LogP contribution in [-0.2, 0) is 11.3 Å². The van der Waals surface area contributed by atoms with Crippen molar-refractivity contribution >= 4 is 29.3 Å². The maximum absolute atomic E-state index is 10.5. The van der Waals surface area contributed by atoms with Gasteiger partial charge in [-0.2, -0.15) is 4.42 Å². The monoisotopic (exact) mass is 233 g/mol. The minimum atomic E-state index is -1.21. The fourth-order valence-electron chi connectivity index (χ4n) is 0.958. The minimum absolute atomic E-state index is 0.295. The van der Waals surface area contributed by atoms with Crippen molar-refractivity contribution in [2.75, 3.05) is 0 Å². The highest BCUT2D eigenvalue weighted by molar-refractivity contribution is 6.32. The number of benzene rings is 1. The first-order valence-electron chi connectivity index (χ1n) is 3.94. The standard InChI is InChI=1S/C9H9Cl2NO2/c10-8(9(13)14)12(11)6-7-4-2-1-3-5-7/h1-5,8H,6H2,(H,13,14). The molecule has 0 aliphatic carbocycles. The number of hydrogen-bond acceptors (Lipinski definition) is 2. The highest BCUT2D eigenvalue weighted by Crippen LogP contribution is 2.13. The molecule has 0 radical (unpaired) electrons. The number of aliphatic carboxylic acids is 1. The van der Waals surface area contributed by atoms with Gasteiger partial charge in [0.1, 0.15) is 0 Å². The third kappa shape index (κ3) is 3.18. The molecule has 0 heterocycles. The molecular weight excluding hydrogens is 225 g/mol. The van der Waals surface area contributed by atoms with E-state index in [2.05, 4.69) is 0 Å². The Balaban J connectivity index is 2.57. The first kappa shape index (κ1) is 11.3. The van der Waals surface area contributed by atoms with Crippen LogP contribution in [0.25, 0.3) is 0 Å². The molecule has 1 N–H and O–H groups in total. The van der Waals surface area contributed by atoms with E-state index in [1.54, 1.807) is 0 Å². The molecule has 1 aromatic carbocycles. The van der Waals surface area contributed by atoms with E-state index in [0.29, 0.717) is 6.54 Å². The Morgan fingerprint density at radius 3 is 2.50 bits per heavy atom. The van der Waals surface area contributed by atoms with Crippen LogP contribution in [0.1, 0.15) is 5.56 Å². The largest absolute Gasteiger partial charge is 0.479 e. The molecule has 0 bridgehead atoms. The summed E-state index contributed by atoms with van der Waals surface area (Å²) in [7, 11) is 0. The average molecular weight is 234 g/mol. The Hall–Kier alpha value is -0.770. The van der Waals surface area contributed by atoms with Crippen LogP contribution >= 0.6 is 23.4 Å². The lowest BCUT2D eigenvalue weighted by atomic mass is 10.2. The summed E-state index contributed by atoms with van der Waals surface area (Å²) in [6, 6.07) is 9.27. The van der Waals surface area contributed by atoms with E-state index in [4.69, 9.17) is 28.5 Å². The lowest BCUT2D eigenvalue weighted by molar-refractivity contribution is -0.138. The number of nitrogens with zero attached hydrogens (tertiary/aromatic N) is 1. The lowest BCUT2D eigenvalue weighted by Crippen LogP contribution is -2.29. The summed E-state index contributed by atoms with van der Waals surface area (Å²) >= 11 is 11.2. The topological polar surface area (TPSA) is 40.5 Å². The van der Waals surface area contributed by atoms with Crippen molar-refractivity contribution in [3.63, 3.8) is 0 Å². The number of halogens is 2. The summed E-state index contributed by atoms with van der Waals surface area (Å²) < 4.78 is 1.04. The Morgan fingerprint density at radius 2 is 2.00 bits per heavy atom. The van der Waals surface area contributed by atoms with Gasteiger partial charge in [0.05, 0.1) is 0 Å². The van der Waals surface area contributed by atoms with E-state index in [9.17, 15) is 4.79 Å². The predicted molar refractivity (Wildman–Crippen MR) is 55.1 cm³/mol. The summed E-state index contributed by atoms with van der Waals surface area (Å²) in [5.41, 5.74) is -0.300. The number of carboxylic acid groups (broad SMARTS) is 1. The van der Waals surface area contributed by atoms with Gasteiger partial charge in [-0.3, -0.25) is 0 Å².